The van der Waals surface area contributed by atoms with Crippen LogP contribution in [-0.4, -0.2) is 27.9 Å². The van der Waals surface area contributed by atoms with Gasteiger partial charge in [0.15, 0.2) is 0 Å². The molecule has 2 heterocycles. The fraction of sp³-hybridized carbons (Fsp3) is 0.312. The summed E-state index contributed by atoms with van der Waals surface area (Å²) < 4.78 is 0. The highest BCUT2D eigenvalue weighted by Gasteiger charge is 2.44. The van der Waals surface area contributed by atoms with Crippen molar-refractivity contribution in [2.75, 3.05) is 4.90 Å². The number of hydrogen-bond acceptors (Lipinski definition) is 4. The van der Waals surface area contributed by atoms with Crippen LogP contribution in [0, 0.1) is 13.8 Å². The molecule has 0 N–H and O–H groups in total. The average Bonchev–Trinajstić information content (AvgIpc) is 2.92. The summed E-state index contributed by atoms with van der Waals surface area (Å²) in [5.41, 5.74) is 1.73. The standard InChI is InChI=1S/C16H17N3O2S/c1-10-15(22-12(3)17-10)19-14(20)11(2)18(16(19)21)9-13-7-5-4-6-8-13/h4-8,11H,9H2,1-3H3/t11-/m0/s1. The first-order valence-corrected chi connectivity index (χ1v) is 7.93. The minimum atomic E-state index is -0.463. The maximum atomic E-state index is 12.7. The summed E-state index contributed by atoms with van der Waals surface area (Å²) in [6, 6.07) is 8.96. The van der Waals surface area contributed by atoms with Crippen molar-refractivity contribution in [3.8, 4) is 0 Å². The first kappa shape index (κ1) is 14.7. The molecule has 22 heavy (non-hydrogen) atoms. The molecule has 1 atom stereocenters. The number of carbonyl (C=O) groups is 2. The van der Waals surface area contributed by atoms with Gasteiger partial charge in [0.1, 0.15) is 11.0 Å². The summed E-state index contributed by atoms with van der Waals surface area (Å²) >= 11 is 1.38. The van der Waals surface area contributed by atoms with E-state index < -0.39 is 6.04 Å². The van der Waals surface area contributed by atoms with E-state index in [4.69, 9.17) is 0 Å². The smallest absolute Gasteiger partial charge is 0.308 e. The van der Waals surface area contributed by atoms with Gasteiger partial charge in [0.25, 0.3) is 5.91 Å². The van der Waals surface area contributed by atoms with Crippen LogP contribution in [0.1, 0.15) is 23.2 Å². The number of aryl methyl sites for hydroxylation is 2. The molecule has 2 aromatic rings. The molecule has 1 saturated heterocycles. The zero-order chi connectivity index (χ0) is 15.9. The van der Waals surface area contributed by atoms with Crippen LogP contribution in [0.15, 0.2) is 30.3 Å². The Hall–Kier alpha value is -2.21. The Labute approximate surface area is 133 Å². The molecule has 0 spiro atoms. The number of amides is 3. The van der Waals surface area contributed by atoms with E-state index in [1.54, 1.807) is 11.8 Å². The van der Waals surface area contributed by atoms with Crippen molar-refractivity contribution in [3.63, 3.8) is 0 Å². The molecule has 1 aromatic carbocycles. The predicted octanol–water partition coefficient (Wildman–Crippen LogP) is 3.12. The highest BCUT2D eigenvalue weighted by molar-refractivity contribution is 7.16. The lowest BCUT2D eigenvalue weighted by Gasteiger charge is -2.19. The van der Waals surface area contributed by atoms with Gasteiger partial charge in [-0.25, -0.2) is 14.7 Å². The van der Waals surface area contributed by atoms with Gasteiger partial charge in [0.05, 0.1) is 10.7 Å². The van der Waals surface area contributed by atoms with Gasteiger partial charge >= 0.3 is 6.03 Å². The van der Waals surface area contributed by atoms with Crippen LogP contribution in [0.25, 0.3) is 0 Å². The van der Waals surface area contributed by atoms with Gasteiger partial charge in [-0.1, -0.05) is 30.3 Å². The van der Waals surface area contributed by atoms with Crippen molar-refractivity contribution in [3.05, 3.63) is 46.6 Å². The molecule has 0 aliphatic carbocycles. The second-order valence-electron chi connectivity index (χ2n) is 5.37. The molecule has 1 aliphatic heterocycles. The highest BCUT2D eigenvalue weighted by Crippen LogP contribution is 2.33. The molecule has 0 saturated carbocycles. The van der Waals surface area contributed by atoms with E-state index in [2.05, 4.69) is 4.98 Å². The lowest BCUT2D eigenvalue weighted by atomic mass is 10.2. The van der Waals surface area contributed by atoms with E-state index in [1.807, 2.05) is 44.2 Å². The van der Waals surface area contributed by atoms with E-state index in [1.165, 1.54) is 16.2 Å². The Morgan fingerprint density at radius 2 is 1.86 bits per heavy atom. The number of hydrogen-bond donors (Lipinski definition) is 0. The van der Waals surface area contributed by atoms with Gasteiger partial charge in [0.2, 0.25) is 0 Å². The first-order valence-electron chi connectivity index (χ1n) is 7.11. The average molecular weight is 315 g/mol. The third kappa shape index (κ3) is 2.39. The molecule has 1 fully saturated rings. The number of carbonyl (C=O) groups excluding carboxylic acids is 2. The van der Waals surface area contributed by atoms with E-state index in [-0.39, 0.29) is 11.9 Å². The Balaban J connectivity index is 1.91. The van der Waals surface area contributed by atoms with Crippen LogP contribution in [-0.2, 0) is 11.3 Å². The number of aromatic nitrogens is 1. The molecule has 3 rings (SSSR count). The second-order valence-corrected chi connectivity index (χ2v) is 6.55. The SMILES string of the molecule is Cc1nc(C)c(N2C(=O)[C@H](C)N(Cc3ccccc3)C2=O)s1. The van der Waals surface area contributed by atoms with Crippen LogP contribution in [0.3, 0.4) is 0 Å². The van der Waals surface area contributed by atoms with Gasteiger partial charge in [0, 0.05) is 6.54 Å². The van der Waals surface area contributed by atoms with Crippen LogP contribution in [0.2, 0.25) is 0 Å². The Morgan fingerprint density at radius 3 is 2.45 bits per heavy atom. The lowest BCUT2D eigenvalue weighted by molar-refractivity contribution is -0.119. The van der Waals surface area contributed by atoms with Gasteiger partial charge < -0.3 is 4.90 Å². The van der Waals surface area contributed by atoms with Gasteiger partial charge in [-0.3, -0.25) is 4.79 Å². The van der Waals surface area contributed by atoms with E-state index in [0.29, 0.717) is 11.5 Å². The van der Waals surface area contributed by atoms with Crippen LogP contribution in [0.5, 0.6) is 0 Å². The molecule has 6 heteroatoms. The van der Waals surface area contributed by atoms with E-state index in [0.717, 1.165) is 16.3 Å². The van der Waals surface area contributed by atoms with Gasteiger partial charge in [-0.2, -0.15) is 0 Å². The Bertz CT molecular complexity index is 726. The monoisotopic (exact) mass is 315 g/mol. The van der Waals surface area contributed by atoms with Crippen molar-refractivity contribution in [1.29, 1.82) is 0 Å². The molecule has 1 aromatic heterocycles. The summed E-state index contributed by atoms with van der Waals surface area (Å²) in [5.74, 6) is -0.187. The minimum absolute atomic E-state index is 0.187. The molecule has 0 bridgehead atoms. The second kappa shape index (κ2) is 5.53. The summed E-state index contributed by atoms with van der Waals surface area (Å²) in [6.45, 7) is 5.90. The first-order chi connectivity index (χ1) is 10.5. The maximum absolute atomic E-state index is 12.7. The topological polar surface area (TPSA) is 53.5 Å². The number of thiazole rings is 1. The van der Waals surface area contributed by atoms with Crippen molar-refractivity contribution < 1.29 is 9.59 Å². The summed E-state index contributed by atoms with van der Waals surface area (Å²) in [6.07, 6.45) is 0. The van der Waals surface area contributed by atoms with Crippen molar-refractivity contribution in [2.24, 2.45) is 0 Å². The summed E-state index contributed by atoms with van der Waals surface area (Å²) in [4.78, 5) is 32.4. The molecular formula is C16H17N3O2S. The molecule has 0 unspecified atom stereocenters. The molecule has 114 valence electrons. The number of rotatable bonds is 3. The molecular weight excluding hydrogens is 298 g/mol. The summed E-state index contributed by atoms with van der Waals surface area (Å²) in [7, 11) is 0. The predicted molar refractivity (Wildman–Crippen MR) is 85.9 cm³/mol. The largest absolute Gasteiger partial charge is 0.333 e. The van der Waals surface area contributed by atoms with Crippen LogP contribution < -0.4 is 4.90 Å². The lowest BCUT2D eigenvalue weighted by Crippen LogP contribution is -2.33. The summed E-state index contributed by atoms with van der Waals surface area (Å²) in [5, 5.41) is 1.48. The minimum Gasteiger partial charge on any atom is -0.308 e. The van der Waals surface area contributed by atoms with Gasteiger partial charge in [-0.15, -0.1) is 11.3 Å². The number of anilines is 1. The normalized spacial score (nSPS) is 18.4. The van der Waals surface area contributed by atoms with Crippen molar-refractivity contribution in [1.82, 2.24) is 9.88 Å². The number of benzene rings is 1. The fourth-order valence-electron chi connectivity index (χ4n) is 2.61. The Morgan fingerprint density at radius 1 is 1.18 bits per heavy atom. The quantitative estimate of drug-likeness (QED) is 0.818. The van der Waals surface area contributed by atoms with E-state index >= 15 is 0 Å². The van der Waals surface area contributed by atoms with Crippen LogP contribution >= 0.6 is 11.3 Å². The number of urea groups is 1. The third-order valence-electron chi connectivity index (χ3n) is 3.76. The van der Waals surface area contributed by atoms with Crippen molar-refractivity contribution in [2.45, 2.75) is 33.4 Å². The Kier molecular flexibility index (Phi) is 3.70. The van der Waals surface area contributed by atoms with Crippen LogP contribution in [0.4, 0.5) is 9.80 Å². The van der Waals surface area contributed by atoms with E-state index in [9.17, 15) is 9.59 Å². The number of imide groups is 1. The molecule has 5 nitrogen and oxygen atoms in total. The molecule has 0 radical (unpaired) electrons. The molecule has 3 amide bonds. The molecule has 1 aliphatic rings. The maximum Gasteiger partial charge on any atom is 0.333 e. The number of nitrogens with zero attached hydrogens (tertiary/aromatic N) is 3. The fourth-order valence-corrected chi connectivity index (χ4v) is 3.52. The van der Waals surface area contributed by atoms with Gasteiger partial charge in [-0.05, 0) is 26.3 Å². The highest BCUT2D eigenvalue weighted by atomic mass is 32.1. The third-order valence-corrected chi connectivity index (χ3v) is 4.82. The zero-order valence-corrected chi connectivity index (χ0v) is 13.6. The zero-order valence-electron chi connectivity index (χ0n) is 12.7. The van der Waals surface area contributed by atoms with Crippen molar-refractivity contribution >= 4 is 28.3 Å².